The van der Waals surface area contributed by atoms with Crippen molar-refractivity contribution in [3.63, 3.8) is 0 Å². The summed E-state index contributed by atoms with van der Waals surface area (Å²) in [5, 5.41) is 8.70. The topological polar surface area (TPSA) is 34.0 Å². The molecule has 0 saturated heterocycles. The van der Waals surface area contributed by atoms with E-state index < -0.39 is 0 Å². The van der Waals surface area contributed by atoms with Crippen LogP contribution >= 0.6 is 0 Å². The van der Waals surface area contributed by atoms with Gasteiger partial charge in [-0.05, 0) is 74.6 Å². The molecule has 30 heavy (non-hydrogen) atoms. The van der Waals surface area contributed by atoms with Crippen molar-refractivity contribution in [1.82, 2.24) is 0 Å². The Balaban J connectivity index is 1.72. The van der Waals surface area contributed by atoms with Crippen LogP contribution in [0.2, 0.25) is 0 Å². The smallest absolute Gasteiger partial charge is 0.119 e. The molecule has 2 aromatic carbocycles. The number of hydrogen-bond acceptors (Lipinski definition) is 3. The zero-order valence-electron chi connectivity index (χ0n) is 19.4. The Labute approximate surface area is 183 Å². The Kier molecular flexibility index (Phi) is 10.6. The van der Waals surface area contributed by atoms with Gasteiger partial charge in [0.05, 0.1) is 45.2 Å². The average Bonchev–Trinajstić information content (AvgIpc) is 2.76. The molecule has 0 N–H and O–H groups in total. The van der Waals surface area contributed by atoms with E-state index in [1.807, 2.05) is 24.3 Å². The SMILES string of the molecule is CCCCCCc1ccc(N=Nc2ccc(OCCCC[N+](C)(C)CC)cc2)cc1. The largest absolute Gasteiger partial charge is 0.494 e. The molecule has 0 unspecified atom stereocenters. The molecule has 0 spiro atoms. The summed E-state index contributed by atoms with van der Waals surface area (Å²) in [5.41, 5.74) is 3.11. The molecule has 0 saturated carbocycles. The standard InChI is InChI=1S/C26H40N3O/c1-5-7-8-9-12-23-13-15-24(16-14-23)27-28-25-17-19-26(20-18-25)30-22-11-10-21-29(3,4)6-2/h13-20H,5-12,21-22H2,1-4H3/q+1. The van der Waals surface area contributed by atoms with Crippen molar-refractivity contribution in [3.8, 4) is 5.75 Å². The molecule has 0 atom stereocenters. The van der Waals surface area contributed by atoms with Gasteiger partial charge in [0.2, 0.25) is 0 Å². The fourth-order valence-electron chi connectivity index (χ4n) is 3.20. The fraction of sp³-hybridized carbons (Fsp3) is 0.538. The molecule has 4 nitrogen and oxygen atoms in total. The number of nitrogens with zero attached hydrogens (tertiary/aromatic N) is 3. The Hall–Kier alpha value is -2.20. The van der Waals surface area contributed by atoms with Gasteiger partial charge in [-0.1, -0.05) is 38.3 Å². The molecule has 2 rings (SSSR count). The minimum Gasteiger partial charge on any atom is -0.494 e. The van der Waals surface area contributed by atoms with E-state index in [0.717, 1.165) is 41.1 Å². The molecule has 0 radical (unpaired) electrons. The number of aryl methyl sites for hydroxylation is 1. The van der Waals surface area contributed by atoms with E-state index in [9.17, 15) is 0 Å². The maximum Gasteiger partial charge on any atom is 0.119 e. The highest BCUT2D eigenvalue weighted by atomic mass is 16.5. The second kappa shape index (κ2) is 13.2. The van der Waals surface area contributed by atoms with Gasteiger partial charge in [0.15, 0.2) is 0 Å². The molecular formula is C26H40N3O+. The van der Waals surface area contributed by atoms with E-state index in [-0.39, 0.29) is 0 Å². The zero-order valence-corrected chi connectivity index (χ0v) is 19.4. The third-order valence-electron chi connectivity index (χ3n) is 5.66. The van der Waals surface area contributed by atoms with Crippen LogP contribution in [0, 0.1) is 0 Å². The molecule has 0 aliphatic heterocycles. The van der Waals surface area contributed by atoms with E-state index in [0.29, 0.717) is 0 Å². The number of azo groups is 1. The molecule has 2 aromatic rings. The van der Waals surface area contributed by atoms with E-state index >= 15 is 0 Å². The van der Waals surface area contributed by atoms with Gasteiger partial charge in [-0.2, -0.15) is 10.2 Å². The predicted molar refractivity (Wildman–Crippen MR) is 127 cm³/mol. The first-order chi connectivity index (χ1) is 14.5. The van der Waals surface area contributed by atoms with Gasteiger partial charge in [-0.3, -0.25) is 0 Å². The number of benzene rings is 2. The summed E-state index contributed by atoms with van der Waals surface area (Å²) in [6.07, 6.45) is 8.60. The Morgan fingerprint density at radius 2 is 1.37 bits per heavy atom. The van der Waals surface area contributed by atoms with Crippen LogP contribution in [-0.2, 0) is 6.42 Å². The van der Waals surface area contributed by atoms with Crippen molar-refractivity contribution in [2.24, 2.45) is 10.2 Å². The molecule has 0 aliphatic carbocycles. The second-order valence-corrected chi connectivity index (χ2v) is 8.70. The van der Waals surface area contributed by atoms with Gasteiger partial charge >= 0.3 is 0 Å². The summed E-state index contributed by atoms with van der Waals surface area (Å²) in [6.45, 7) is 7.60. The lowest BCUT2D eigenvalue weighted by atomic mass is 10.1. The molecular weight excluding hydrogens is 370 g/mol. The first-order valence-electron chi connectivity index (χ1n) is 11.6. The first-order valence-corrected chi connectivity index (χ1v) is 11.6. The van der Waals surface area contributed by atoms with Crippen LogP contribution < -0.4 is 4.74 Å². The minimum absolute atomic E-state index is 0.759. The quantitative estimate of drug-likeness (QED) is 0.180. The molecule has 164 valence electrons. The van der Waals surface area contributed by atoms with Crippen LogP contribution in [0.5, 0.6) is 5.75 Å². The van der Waals surface area contributed by atoms with Crippen molar-refractivity contribution in [2.45, 2.75) is 58.8 Å². The lowest BCUT2D eigenvalue weighted by Gasteiger charge is -2.28. The Morgan fingerprint density at radius 1 is 0.733 bits per heavy atom. The molecule has 0 heterocycles. The van der Waals surface area contributed by atoms with Gasteiger partial charge in [0, 0.05) is 0 Å². The summed E-state index contributed by atoms with van der Waals surface area (Å²) in [4.78, 5) is 0. The summed E-state index contributed by atoms with van der Waals surface area (Å²) in [7, 11) is 4.55. The van der Waals surface area contributed by atoms with Crippen LogP contribution in [0.3, 0.4) is 0 Å². The third kappa shape index (κ3) is 9.53. The average molecular weight is 411 g/mol. The monoisotopic (exact) mass is 410 g/mol. The van der Waals surface area contributed by atoms with Crippen molar-refractivity contribution in [3.05, 3.63) is 54.1 Å². The van der Waals surface area contributed by atoms with E-state index in [1.54, 1.807) is 0 Å². The molecule has 0 amide bonds. The summed E-state index contributed by atoms with van der Waals surface area (Å²) >= 11 is 0. The van der Waals surface area contributed by atoms with E-state index in [2.05, 4.69) is 62.4 Å². The van der Waals surface area contributed by atoms with Crippen molar-refractivity contribution in [1.29, 1.82) is 0 Å². The number of unbranched alkanes of at least 4 members (excludes halogenated alkanes) is 4. The molecule has 0 fully saturated rings. The van der Waals surface area contributed by atoms with Crippen molar-refractivity contribution < 1.29 is 9.22 Å². The number of hydrogen-bond donors (Lipinski definition) is 0. The van der Waals surface area contributed by atoms with E-state index in [1.165, 1.54) is 50.8 Å². The molecule has 0 aliphatic rings. The number of ether oxygens (including phenoxy) is 1. The van der Waals surface area contributed by atoms with Crippen molar-refractivity contribution >= 4 is 11.4 Å². The van der Waals surface area contributed by atoms with Gasteiger partial charge in [0.25, 0.3) is 0 Å². The molecule has 4 heteroatoms. The van der Waals surface area contributed by atoms with Crippen LogP contribution in [0.1, 0.15) is 57.9 Å². The van der Waals surface area contributed by atoms with Gasteiger partial charge < -0.3 is 9.22 Å². The molecule has 0 bridgehead atoms. The van der Waals surface area contributed by atoms with Crippen molar-refractivity contribution in [2.75, 3.05) is 33.8 Å². The highest BCUT2D eigenvalue weighted by Crippen LogP contribution is 2.22. The fourth-order valence-corrected chi connectivity index (χ4v) is 3.20. The summed E-state index contributed by atoms with van der Waals surface area (Å²) in [5.74, 6) is 0.894. The second-order valence-electron chi connectivity index (χ2n) is 8.70. The van der Waals surface area contributed by atoms with Crippen LogP contribution in [-0.4, -0.2) is 38.3 Å². The van der Waals surface area contributed by atoms with Crippen LogP contribution in [0.25, 0.3) is 0 Å². The summed E-state index contributed by atoms with van der Waals surface area (Å²) < 4.78 is 6.92. The van der Waals surface area contributed by atoms with Gasteiger partial charge in [-0.15, -0.1) is 0 Å². The Morgan fingerprint density at radius 3 is 1.97 bits per heavy atom. The number of rotatable bonds is 14. The summed E-state index contributed by atoms with van der Waals surface area (Å²) in [6, 6.07) is 16.3. The first kappa shape index (κ1) is 24.1. The maximum atomic E-state index is 5.85. The minimum atomic E-state index is 0.759. The molecule has 0 aromatic heterocycles. The maximum absolute atomic E-state index is 5.85. The highest BCUT2D eigenvalue weighted by Gasteiger charge is 2.10. The lowest BCUT2D eigenvalue weighted by molar-refractivity contribution is -0.888. The normalized spacial score (nSPS) is 11.9. The zero-order chi connectivity index (χ0) is 21.7. The lowest BCUT2D eigenvalue weighted by Crippen LogP contribution is -2.40. The van der Waals surface area contributed by atoms with Gasteiger partial charge in [0.1, 0.15) is 5.75 Å². The Bertz CT molecular complexity index is 736. The van der Waals surface area contributed by atoms with E-state index in [4.69, 9.17) is 4.74 Å². The van der Waals surface area contributed by atoms with Crippen LogP contribution in [0.4, 0.5) is 11.4 Å². The predicted octanol–water partition coefficient (Wildman–Crippen LogP) is 7.48. The third-order valence-corrected chi connectivity index (χ3v) is 5.66. The van der Waals surface area contributed by atoms with Gasteiger partial charge in [-0.25, -0.2) is 0 Å². The number of quaternary nitrogens is 1. The highest BCUT2D eigenvalue weighted by molar-refractivity contribution is 5.43. The van der Waals surface area contributed by atoms with Crippen LogP contribution in [0.15, 0.2) is 58.8 Å².